The summed E-state index contributed by atoms with van der Waals surface area (Å²) >= 11 is 0. The van der Waals surface area contributed by atoms with Gasteiger partial charge in [0.1, 0.15) is 0 Å². The van der Waals surface area contributed by atoms with Crippen LogP contribution in [0.15, 0.2) is 0 Å². The van der Waals surface area contributed by atoms with Crippen LogP contribution in [0.5, 0.6) is 0 Å². The molecule has 1 N–H and O–H groups in total. The van der Waals surface area contributed by atoms with Crippen molar-refractivity contribution in [1.82, 2.24) is 5.32 Å². The fourth-order valence-electron chi connectivity index (χ4n) is 2.07. The average molecular weight is 215 g/mol. The van der Waals surface area contributed by atoms with Crippen LogP contribution in [0.4, 0.5) is 0 Å². The number of ether oxygens (including phenoxy) is 3. The first-order chi connectivity index (χ1) is 7.29. The lowest BCUT2D eigenvalue weighted by Crippen LogP contribution is -2.33. The Kier molecular flexibility index (Phi) is 3.97. The third kappa shape index (κ3) is 3.41. The summed E-state index contributed by atoms with van der Waals surface area (Å²) in [5.74, 6) is 0.349. The quantitative estimate of drug-likeness (QED) is 0.688. The Morgan fingerprint density at radius 1 is 1.27 bits per heavy atom. The summed E-state index contributed by atoms with van der Waals surface area (Å²) < 4.78 is 16.4. The highest BCUT2D eigenvalue weighted by atomic mass is 16.7. The first-order valence-corrected chi connectivity index (χ1v) is 5.85. The molecule has 0 saturated carbocycles. The first-order valence-electron chi connectivity index (χ1n) is 5.85. The zero-order chi connectivity index (χ0) is 10.6. The fourth-order valence-corrected chi connectivity index (χ4v) is 2.07. The third-order valence-corrected chi connectivity index (χ3v) is 3.11. The van der Waals surface area contributed by atoms with E-state index < -0.39 is 0 Å². The molecule has 0 amide bonds. The first kappa shape index (κ1) is 11.3. The summed E-state index contributed by atoms with van der Waals surface area (Å²) in [6.45, 7) is 7.32. The molecule has 2 rings (SSSR count). The Bertz CT molecular complexity index is 186. The van der Waals surface area contributed by atoms with Crippen LogP contribution in [0.25, 0.3) is 0 Å². The van der Waals surface area contributed by atoms with Crippen LogP contribution in [-0.4, -0.2) is 45.3 Å². The predicted octanol–water partition coefficient (Wildman–Crippen LogP) is 0.766. The molecule has 0 aromatic carbocycles. The Morgan fingerprint density at radius 2 is 2.07 bits per heavy atom. The van der Waals surface area contributed by atoms with Crippen molar-refractivity contribution in [3.05, 3.63) is 0 Å². The summed E-state index contributed by atoms with van der Waals surface area (Å²) in [6, 6.07) is 0. The Balaban J connectivity index is 1.54. The van der Waals surface area contributed by atoms with Gasteiger partial charge in [0, 0.05) is 26.1 Å². The second kappa shape index (κ2) is 5.25. The van der Waals surface area contributed by atoms with Gasteiger partial charge in [-0.1, -0.05) is 0 Å². The summed E-state index contributed by atoms with van der Waals surface area (Å²) in [7, 11) is 0. The highest BCUT2D eigenvalue weighted by Crippen LogP contribution is 2.21. The van der Waals surface area contributed by atoms with E-state index in [0.29, 0.717) is 5.92 Å². The average Bonchev–Trinajstić information content (AvgIpc) is 2.84. The van der Waals surface area contributed by atoms with E-state index >= 15 is 0 Å². The molecule has 2 aliphatic rings. The van der Waals surface area contributed by atoms with Crippen molar-refractivity contribution >= 4 is 0 Å². The van der Waals surface area contributed by atoms with Crippen LogP contribution in [-0.2, 0) is 14.2 Å². The van der Waals surface area contributed by atoms with Gasteiger partial charge in [-0.15, -0.1) is 0 Å². The molecule has 0 spiro atoms. The van der Waals surface area contributed by atoms with Crippen molar-refractivity contribution in [2.45, 2.75) is 25.6 Å². The van der Waals surface area contributed by atoms with Crippen molar-refractivity contribution in [3.63, 3.8) is 0 Å². The second-order valence-corrected chi connectivity index (χ2v) is 4.51. The molecule has 4 nitrogen and oxygen atoms in total. The van der Waals surface area contributed by atoms with Crippen LogP contribution >= 0.6 is 0 Å². The van der Waals surface area contributed by atoms with Gasteiger partial charge in [-0.2, -0.15) is 0 Å². The third-order valence-electron chi connectivity index (χ3n) is 3.11. The van der Waals surface area contributed by atoms with E-state index in [-0.39, 0.29) is 5.79 Å². The standard InChI is InChI=1S/C11H21NO3/c1-11(14-6-7-15-11)3-4-12-8-10-2-5-13-9-10/h10,12H,2-9H2,1H3. The van der Waals surface area contributed by atoms with Crippen LogP contribution in [0.2, 0.25) is 0 Å². The van der Waals surface area contributed by atoms with Crippen LogP contribution < -0.4 is 5.32 Å². The van der Waals surface area contributed by atoms with Gasteiger partial charge in [0.2, 0.25) is 0 Å². The zero-order valence-corrected chi connectivity index (χ0v) is 9.46. The Labute approximate surface area is 91.3 Å². The van der Waals surface area contributed by atoms with Gasteiger partial charge in [0.25, 0.3) is 0 Å². The van der Waals surface area contributed by atoms with Gasteiger partial charge in [0.15, 0.2) is 5.79 Å². The smallest absolute Gasteiger partial charge is 0.166 e. The molecule has 0 radical (unpaired) electrons. The molecule has 0 aliphatic carbocycles. The predicted molar refractivity (Wildman–Crippen MR) is 56.7 cm³/mol. The van der Waals surface area contributed by atoms with E-state index in [0.717, 1.165) is 45.9 Å². The second-order valence-electron chi connectivity index (χ2n) is 4.51. The van der Waals surface area contributed by atoms with Crippen LogP contribution in [0.1, 0.15) is 19.8 Å². The molecule has 2 aliphatic heterocycles. The van der Waals surface area contributed by atoms with Gasteiger partial charge >= 0.3 is 0 Å². The molecule has 0 bridgehead atoms. The molecule has 2 fully saturated rings. The van der Waals surface area contributed by atoms with Crippen molar-refractivity contribution in [2.75, 3.05) is 39.5 Å². The minimum atomic E-state index is -0.348. The fraction of sp³-hybridized carbons (Fsp3) is 1.00. The molecule has 88 valence electrons. The maximum Gasteiger partial charge on any atom is 0.166 e. The molecule has 2 saturated heterocycles. The van der Waals surface area contributed by atoms with Crippen LogP contribution in [0.3, 0.4) is 0 Å². The highest BCUT2D eigenvalue weighted by molar-refractivity contribution is 4.71. The summed E-state index contributed by atoms with van der Waals surface area (Å²) in [6.07, 6.45) is 2.11. The number of rotatable bonds is 5. The Morgan fingerprint density at radius 3 is 2.73 bits per heavy atom. The lowest BCUT2D eigenvalue weighted by Gasteiger charge is -2.22. The van der Waals surface area contributed by atoms with E-state index in [2.05, 4.69) is 5.32 Å². The van der Waals surface area contributed by atoms with E-state index in [1.165, 1.54) is 6.42 Å². The molecule has 4 heteroatoms. The van der Waals surface area contributed by atoms with E-state index in [1.807, 2.05) is 6.92 Å². The number of hydrogen-bond donors (Lipinski definition) is 1. The maximum atomic E-state index is 5.53. The van der Waals surface area contributed by atoms with Crippen molar-refractivity contribution in [3.8, 4) is 0 Å². The molecular weight excluding hydrogens is 194 g/mol. The van der Waals surface area contributed by atoms with Gasteiger partial charge in [-0.25, -0.2) is 0 Å². The monoisotopic (exact) mass is 215 g/mol. The highest BCUT2D eigenvalue weighted by Gasteiger charge is 2.30. The van der Waals surface area contributed by atoms with Gasteiger partial charge in [0.05, 0.1) is 19.8 Å². The van der Waals surface area contributed by atoms with Gasteiger partial charge in [-0.3, -0.25) is 0 Å². The molecule has 1 atom stereocenters. The zero-order valence-electron chi connectivity index (χ0n) is 9.46. The van der Waals surface area contributed by atoms with Gasteiger partial charge in [-0.05, 0) is 19.3 Å². The molecule has 1 unspecified atom stereocenters. The molecule has 15 heavy (non-hydrogen) atoms. The summed E-state index contributed by atoms with van der Waals surface area (Å²) in [4.78, 5) is 0. The normalized spacial score (nSPS) is 29.8. The number of hydrogen-bond acceptors (Lipinski definition) is 4. The molecule has 2 heterocycles. The van der Waals surface area contributed by atoms with Gasteiger partial charge < -0.3 is 19.5 Å². The Hall–Kier alpha value is -0.160. The lowest BCUT2D eigenvalue weighted by molar-refractivity contribution is -0.145. The van der Waals surface area contributed by atoms with E-state index in [9.17, 15) is 0 Å². The van der Waals surface area contributed by atoms with Crippen LogP contribution in [0, 0.1) is 5.92 Å². The topological polar surface area (TPSA) is 39.7 Å². The lowest BCUT2D eigenvalue weighted by atomic mass is 10.1. The van der Waals surface area contributed by atoms with Crippen molar-refractivity contribution in [2.24, 2.45) is 5.92 Å². The minimum Gasteiger partial charge on any atom is -0.381 e. The van der Waals surface area contributed by atoms with Crippen molar-refractivity contribution < 1.29 is 14.2 Å². The largest absolute Gasteiger partial charge is 0.381 e. The maximum absolute atomic E-state index is 5.53. The van der Waals surface area contributed by atoms with Crippen molar-refractivity contribution in [1.29, 1.82) is 0 Å². The number of nitrogens with one attached hydrogen (secondary N) is 1. The SMILES string of the molecule is CC1(CCNCC2CCOC2)OCCO1. The molecule has 0 aromatic rings. The minimum absolute atomic E-state index is 0.348. The summed E-state index contributed by atoms with van der Waals surface area (Å²) in [5.41, 5.74) is 0. The molecular formula is C11H21NO3. The molecule has 0 aromatic heterocycles. The van der Waals surface area contributed by atoms with E-state index in [4.69, 9.17) is 14.2 Å². The van der Waals surface area contributed by atoms with E-state index in [1.54, 1.807) is 0 Å². The summed E-state index contributed by atoms with van der Waals surface area (Å²) in [5, 5.41) is 3.44.